The molecule has 152 valence electrons. The normalized spacial score (nSPS) is 11.8. The number of carbonyl (C=O) groups excluding carboxylic acids is 1. The molecule has 1 N–H and O–H groups in total. The average Bonchev–Trinajstić information content (AvgIpc) is 3.16. The highest BCUT2D eigenvalue weighted by molar-refractivity contribution is 6.09. The number of aromatic nitrogens is 1. The van der Waals surface area contributed by atoms with Crippen molar-refractivity contribution in [2.24, 2.45) is 0 Å². The molecule has 2 aromatic carbocycles. The second-order valence-electron chi connectivity index (χ2n) is 6.79. The highest BCUT2D eigenvalue weighted by Crippen LogP contribution is 2.30. The third-order valence-electron chi connectivity index (χ3n) is 4.52. The van der Waals surface area contributed by atoms with Crippen molar-refractivity contribution in [1.82, 2.24) is 4.57 Å². The van der Waals surface area contributed by atoms with Gasteiger partial charge in [-0.25, -0.2) is 0 Å². The number of alkyl halides is 3. The Balaban J connectivity index is 1.92. The molecule has 3 aromatic rings. The van der Waals surface area contributed by atoms with E-state index >= 15 is 0 Å². The van der Waals surface area contributed by atoms with Crippen LogP contribution in [0, 0.1) is 25.2 Å². The summed E-state index contributed by atoms with van der Waals surface area (Å²) < 4.78 is 40.6. The summed E-state index contributed by atoms with van der Waals surface area (Å²) in [6.45, 7) is 3.78. The number of anilines is 1. The number of nitrogens with zero attached hydrogens (tertiary/aromatic N) is 2. The molecule has 1 amide bonds. The Morgan fingerprint density at radius 3 is 2.53 bits per heavy atom. The van der Waals surface area contributed by atoms with Crippen molar-refractivity contribution in [2.45, 2.75) is 20.0 Å². The number of hydrogen-bond donors (Lipinski definition) is 1. The molecule has 0 atom stereocenters. The Bertz CT molecular complexity index is 1170. The highest BCUT2D eigenvalue weighted by atomic mass is 19.4. The maximum absolute atomic E-state index is 13.0. The number of nitriles is 1. The van der Waals surface area contributed by atoms with Gasteiger partial charge in [-0.15, -0.1) is 0 Å². The third-order valence-corrected chi connectivity index (χ3v) is 4.52. The molecule has 0 aliphatic heterocycles. The van der Waals surface area contributed by atoms with Gasteiger partial charge in [-0.3, -0.25) is 4.79 Å². The number of hydrogen-bond acceptors (Lipinski definition) is 2. The van der Waals surface area contributed by atoms with Crippen molar-refractivity contribution in [2.75, 3.05) is 5.32 Å². The molecule has 1 aromatic heterocycles. The van der Waals surface area contributed by atoms with Crippen LogP contribution < -0.4 is 5.32 Å². The van der Waals surface area contributed by atoms with Crippen LogP contribution in [0.25, 0.3) is 11.8 Å². The number of carbonyl (C=O) groups is 1. The van der Waals surface area contributed by atoms with Gasteiger partial charge in [-0.05, 0) is 61.9 Å². The van der Waals surface area contributed by atoms with Gasteiger partial charge < -0.3 is 9.88 Å². The van der Waals surface area contributed by atoms with Crippen molar-refractivity contribution >= 4 is 17.7 Å². The smallest absolute Gasteiger partial charge is 0.321 e. The van der Waals surface area contributed by atoms with E-state index in [-0.39, 0.29) is 11.3 Å². The minimum Gasteiger partial charge on any atom is -0.321 e. The van der Waals surface area contributed by atoms with Crippen LogP contribution in [0.4, 0.5) is 18.9 Å². The quantitative estimate of drug-likeness (QED) is 0.447. The van der Waals surface area contributed by atoms with Crippen LogP contribution >= 0.6 is 0 Å². The molecular formula is C23H18F3N3O. The monoisotopic (exact) mass is 409 g/mol. The van der Waals surface area contributed by atoms with E-state index in [2.05, 4.69) is 5.32 Å². The molecule has 3 rings (SSSR count). The standard InChI is InChI=1S/C23H18F3N3O/c1-15-8-9-21(16(2)11-15)28-22(30)17(14-27)12-19-7-4-10-29(19)20-6-3-5-18(13-20)23(24,25)26/h3-13H,1-2H3,(H,28,30)/b17-12-. The van der Waals surface area contributed by atoms with Gasteiger partial charge >= 0.3 is 6.18 Å². The lowest BCUT2D eigenvalue weighted by Gasteiger charge is -2.12. The lowest BCUT2D eigenvalue weighted by molar-refractivity contribution is -0.137. The van der Waals surface area contributed by atoms with Crippen LogP contribution in [0.5, 0.6) is 0 Å². The van der Waals surface area contributed by atoms with Crippen LogP contribution in [0.3, 0.4) is 0 Å². The van der Waals surface area contributed by atoms with E-state index < -0.39 is 17.6 Å². The van der Waals surface area contributed by atoms with E-state index in [4.69, 9.17) is 0 Å². The molecule has 0 fully saturated rings. The summed E-state index contributed by atoms with van der Waals surface area (Å²) in [5.74, 6) is -0.596. The van der Waals surface area contributed by atoms with Gasteiger partial charge in [0.25, 0.3) is 5.91 Å². The predicted octanol–water partition coefficient (Wildman–Crippen LogP) is 5.66. The van der Waals surface area contributed by atoms with Crippen LogP contribution in [0.1, 0.15) is 22.4 Å². The molecular weight excluding hydrogens is 391 g/mol. The van der Waals surface area contributed by atoms with Crippen molar-refractivity contribution in [1.29, 1.82) is 5.26 Å². The van der Waals surface area contributed by atoms with E-state index in [0.717, 1.165) is 23.3 Å². The molecule has 7 heteroatoms. The van der Waals surface area contributed by atoms with Gasteiger partial charge in [0.1, 0.15) is 11.6 Å². The van der Waals surface area contributed by atoms with E-state index in [1.807, 2.05) is 32.0 Å². The van der Waals surface area contributed by atoms with E-state index in [1.54, 1.807) is 24.4 Å². The molecule has 4 nitrogen and oxygen atoms in total. The highest BCUT2D eigenvalue weighted by Gasteiger charge is 2.30. The fourth-order valence-corrected chi connectivity index (χ4v) is 3.02. The summed E-state index contributed by atoms with van der Waals surface area (Å²) in [5.41, 5.74) is 2.21. The summed E-state index contributed by atoms with van der Waals surface area (Å²) in [7, 11) is 0. The Hall–Kier alpha value is -3.79. The maximum Gasteiger partial charge on any atom is 0.416 e. The van der Waals surface area contributed by atoms with Crippen molar-refractivity contribution in [3.63, 3.8) is 0 Å². The Kier molecular flexibility index (Phi) is 5.79. The number of halogens is 3. The molecule has 0 unspecified atom stereocenters. The molecule has 0 bridgehead atoms. The van der Waals surface area contributed by atoms with E-state index in [1.165, 1.54) is 22.8 Å². The Morgan fingerprint density at radius 1 is 1.10 bits per heavy atom. The first-order valence-corrected chi connectivity index (χ1v) is 9.04. The number of aryl methyl sites for hydroxylation is 2. The fourth-order valence-electron chi connectivity index (χ4n) is 3.02. The zero-order valence-electron chi connectivity index (χ0n) is 16.3. The molecule has 0 saturated heterocycles. The molecule has 0 saturated carbocycles. The van der Waals surface area contributed by atoms with E-state index in [9.17, 15) is 23.2 Å². The number of amides is 1. The largest absolute Gasteiger partial charge is 0.416 e. The summed E-state index contributed by atoms with van der Waals surface area (Å²) in [4.78, 5) is 12.6. The van der Waals surface area contributed by atoms with Gasteiger partial charge in [-0.2, -0.15) is 18.4 Å². The Morgan fingerprint density at radius 2 is 1.87 bits per heavy atom. The second-order valence-corrected chi connectivity index (χ2v) is 6.79. The molecule has 0 aliphatic rings. The van der Waals surface area contributed by atoms with Gasteiger partial charge in [0.15, 0.2) is 0 Å². The van der Waals surface area contributed by atoms with Gasteiger partial charge in [0.2, 0.25) is 0 Å². The van der Waals surface area contributed by atoms with Crippen molar-refractivity contribution in [3.05, 3.63) is 88.8 Å². The molecule has 0 radical (unpaired) electrons. The zero-order valence-corrected chi connectivity index (χ0v) is 16.3. The zero-order chi connectivity index (χ0) is 21.9. The first-order chi connectivity index (χ1) is 14.2. The summed E-state index contributed by atoms with van der Waals surface area (Å²) in [5, 5.41) is 12.2. The average molecular weight is 409 g/mol. The summed E-state index contributed by atoms with van der Waals surface area (Å²) in [6.07, 6.45) is -1.56. The lowest BCUT2D eigenvalue weighted by Crippen LogP contribution is -2.14. The maximum atomic E-state index is 13.0. The first kappa shape index (κ1) is 20.9. The minimum atomic E-state index is -4.47. The lowest BCUT2D eigenvalue weighted by atomic mass is 10.1. The molecule has 30 heavy (non-hydrogen) atoms. The number of benzene rings is 2. The van der Waals surface area contributed by atoms with Crippen LogP contribution in [0.15, 0.2) is 66.4 Å². The van der Waals surface area contributed by atoms with Crippen LogP contribution in [0.2, 0.25) is 0 Å². The summed E-state index contributed by atoms with van der Waals surface area (Å²) in [6, 6.07) is 15.4. The van der Waals surface area contributed by atoms with Gasteiger partial charge in [0.05, 0.1) is 5.56 Å². The van der Waals surface area contributed by atoms with Crippen LogP contribution in [-0.2, 0) is 11.0 Å². The van der Waals surface area contributed by atoms with Crippen molar-refractivity contribution < 1.29 is 18.0 Å². The van der Waals surface area contributed by atoms with E-state index in [0.29, 0.717) is 11.4 Å². The number of nitrogens with one attached hydrogen (secondary N) is 1. The van der Waals surface area contributed by atoms with Gasteiger partial charge in [-0.1, -0.05) is 23.8 Å². The minimum absolute atomic E-state index is 0.165. The number of rotatable bonds is 4. The molecule has 0 aliphatic carbocycles. The predicted molar refractivity (Wildman–Crippen MR) is 109 cm³/mol. The van der Waals surface area contributed by atoms with Crippen LogP contribution in [-0.4, -0.2) is 10.5 Å². The third kappa shape index (κ3) is 4.61. The topological polar surface area (TPSA) is 57.8 Å². The molecule has 0 spiro atoms. The molecule has 1 heterocycles. The second kappa shape index (κ2) is 8.29. The van der Waals surface area contributed by atoms with Crippen molar-refractivity contribution in [3.8, 4) is 11.8 Å². The first-order valence-electron chi connectivity index (χ1n) is 9.04. The summed E-state index contributed by atoms with van der Waals surface area (Å²) >= 11 is 0. The fraction of sp³-hybridized carbons (Fsp3) is 0.130. The SMILES string of the molecule is Cc1ccc(NC(=O)/C(C#N)=C\c2cccn2-c2cccc(C(F)(F)F)c2)c(C)c1. The van der Waals surface area contributed by atoms with Gasteiger partial charge in [0, 0.05) is 23.3 Å². The Labute approximate surface area is 171 Å².